The van der Waals surface area contributed by atoms with E-state index in [4.69, 9.17) is 16.3 Å². The average molecular weight is 325 g/mol. The number of benzene rings is 1. The summed E-state index contributed by atoms with van der Waals surface area (Å²) in [6.45, 7) is 1.41. The Hall–Kier alpha value is -2.34. The number of aryl methyl sites for hydroxylation is 1. The number of amides is 1. The van der Waals surface area contributed by atoms with Crippen LogP contribution in [0.1, 0.15) is 17.4 Å². The minimum Gasteiger partial charge on any atom is -0.448 e. The smallest absolute Gasteiger partial charge is 0.355 e. The molecule has 7 heteroatoms. The summed E-state index contributed by atoms with van der Waals surface area (Å²) in [7, 11) is 1.68. The van der Waals surface area contributed by atoms with Crippen molar-refractivity contribution in [2.24, 2.45) is 7.05 Å². The van der Waals surface area contributed by atoms with Gasteiger partial charge in [0.25, 0.3) is 5.91 Å². The number of esters is 1. The average Bonchev–Trinajstić information content (AvgIpc) is 2.88. The van der Waals surface area contributed by atoms with E-state index in [1.165, 1.54) is 19.1 Å². The molecule has 1 atom stereocenters. The highest BCUT2D eigenvalue weighted by Crippen LogP contribution is 2.19. The molecule has 1 aromatic carbocycles. The molecule has 1 N–H and O–H groups in total. The predicted octanol–water partition coefficient (Wildman–Crippen LogP) is 3.00. The molecular weight excluding hydrogens is 311 g/mol. The third-order valence-electron chi connectivity index (χ3n) is 2.99. The number of ether oxygens (including phenoxy) is 1. The van der Waals surface area contributed by atoms with Crippen LogP contribution in [-0.4, -0.2) is 22.5 Å². The fourth-order valence-electron chi connectivity index (χ4n) is 1.77. The molecule has 1 amide bonds. The van der Waals surface area contributed by atoms with Gasteiger partial charge in [0.2, 0.25) is 0 Å². The van der Waals surface area contributed by atoms with Crippen molar-refractivity contribution < 1.29 is 18.7 Å². The topological polar surface area (TPSA) is 60.3 Å². The molecule has 0 radical (unpaired) electrons. The molecule has 0 fully saturated rings. The van der Waals surface area contributed by atoms with Crippen molar-refractivity contribution in [1.29, 1.82) is 0 Å². The van der Waals surface area contributed by atoms with Gasteiger partial charge in [0.15, 0.2) is 6.10 Å². The number of rotatable bonds is 4. The number of hydrogen-bond donors (Lipinski definition) is 1. The quantitative estimate of drug-likeness (QED) is 0.879. The van der Waals surface area contributed by atoms with E-state index in [0.29, 0.717) is 5.69 Å². The first-order valence-electron chi connectivity index (χ1n) is 6.46. The molecule has 1 heterocycles. The van der Waals surface area contributed by atoms with Gasteiger partial charge < -0.3 is 14.6 Å². The molecule has 0 spiro atoms. The molecule has 2 aromatic rings. The predicted molar refractivity (Wildman–Crippen MR) is 80.3 cm³/mol. The minimum atomic E-state index is -1.07. The fraction of sp³-hybridized carbons (Fsp3) is 0.200. The Bertz CT molecular complexity index is 715. The summed E-state index contributed by atoms with van der Waals surface area (Å²) in [5.74, 6) is -1.93. The first-order valence-corrected chi connectivity index (χ1v) is 6.84. The Morgan fingerprint density at radius 1 is 1.36 bits per heavy atom. The zero-order valence-corrected chi connectivity index (χ0v) is 12.7. The molecule has 116 valence electrons. The lowest BCUT2D eigenvalue weighted by atomic mass is 10.3. The lowest BCUT2D eigenvalue weighted by molar-refractivity contribution is -0.123. The highest BCUT2D eigenvalue weighted by Gasteiger charge is 2.21. The summed E-state index contributed by atoms with van der Waals surface area (Å²) in [5.41, 5.74) is 0.286. The summed E-state index contributed by atoms with van der Waals surface area (Å²) >= 11 is 5.63. The van der Waals surface area contributed by atoms with Gasteiger partial charge in [0.1, 0.15) is 11.5 Å². The van der Waals surface area contributed by atoms with E-state index in [2.05, 4.69) is 5.32 Å². The monoisotopic (exact) mass is 324 g/mol. The van der Waals surface area contributed by atoms with Crippen molar-refractivity contribution >= 4 is 29.2 Å². The zero-order chi connectivity index (χ0) is 16.3. The SMILES string of the molecule is C[C@H](OC(=O)c1cccn1C)C(=O)Nc1ccc(Cl)cc1F. The number of anilines is 1. The molecular formula is C15H14ClFN2O3. The highest BCUT2D eigenvalue weighted by molar-refractivity contribution is 6.30. The maximum atomic E-state index is 13.6. The van der Waals surface area contributed by atoms with Gasteiger partial charge in [-0.3, -0.25) is 4.79 Å². The second-order valence-corrected chi connectivity index (χ2v) is 5.10. The second-order valence-electron chi connectivity index (χ2n) is 4.67. The Morgan fingerprint density at radius 3 is 2.68 bits per heavy atom. The lowest BCUT2D eigenvalue weighted by Gasteiger charge is -2.14. The summed E-state index contributed by atoms with van der Waals surface area (Å²) in [4.78, 5) is 23.8. The van der Waals surface area contributed by atoms with Crippen LogP contribution < -0.4 is 5.32 Å². The fourth-order valence-corrected chi connectivity index (χ4v) is 1.93. The number of carbonyl (C=O) groups is 2. The van der Waals surface area contributed by atoms with E-state index in [0.717, 1.165) is 6.07 Å². The summed E-state index contributed by atoms with van der Waals surface area (Å²) in [6.07, 6.45) is 0.613. The first-order chi connectivity index (χ1) is 10.4. The second kappa shape index (κ2) is 6.62. The van der Waals surface area contributed by atoms with Gasteiger partial charge in [-0.1, -0.05) is 11.6 Å². The summed E-state index contributed by atoms with van der Waals surface area (Å²) < 4.78 is 20.2. The largest absolute Gasteiger partial charge is 0.448 e. The molecule has 0 saturated heterocycles. The lowest BCUT2D eigenvalue weighted by Crippen LogP contribution is -2.30. The van der Waals surface area contributed by atoms with Gasteiger partial charge in [-0.15, -0.1) is 0 Å². The molecule has 2 rings (SSSR count). The zero-order valence-electron chi connectivity index (χ0n) is 12.0. The van der Waals surface area contributed by atoms with Crippen LogP contribution in [0, 0.1) is 5.82 Å². The van der Waals surface area contributed by atoms with Crippen LogP contribution in [0.5, 0.6) is 0 Å². The molecule has 0 bridgehead atoms. The van der Waals surface area contributed by atoms with E-state index >= 15 is 0 Å². The van der Waals surface area contributed by atoms with Gasteiger partial charge in [0.05, 0.1) is 5.69 Å². The Labute approximate surface area is 131 Å². The maximum Gasteiger partial charge on any atom is 0.355 e. The van der Waals surface area contributed by atoms with Crippen molar-refractivity contribution in [3.8, 4) is 0 Å². The highest BCUT2D eigenvalue weighted by atomic mass is 35.5. The molecule has 0 aliphatic heterocycles. The van der Waals surface area contributed by atoms with Crippen LogP contribution in [0.15, 0.2) is 36.5 Å². The van der Waals surface area contributed by atoms with Gasteiger partial charge >= 0.3 is 5.97 Å². The Balaban J connectivity index is 2.00. The summed E-state index contributed by atoms with van der Waals surface area (Å²) in [6, 6.07) is 7.12. The van der Waals surface area contributed by atoms with Gasteiger partial charge in [-0.25, -0.2) is 9.18 Å². The van der Waals surface area contributed by atoms with Crippen molar-refractivity contribution in [3.05, 3.63) is 53.1 Å². The van der Waals surface area contributed by atoms with Crippen LogP contribution in [0.2, 0.25) is 5.02 Å². The third-order valence-corrected chi connectivity index (χ3v) is 3.23. The molecule has 0 saturated carbocycles. The van der Waals surface area contributed by atoms with Crippen LogP contribution in [0.3, 0.4) is 0 Å². The molecule has 5 nitrogen and oxygen atoms in total. The van der Waals surface area contributed by atoms with Gasteiger partial charge in [0, 0.05) is 18.3 Å². The van der Waals surface area contributed by atoms with Crippen molar-refractivity contribution in [2.75, 3.05) is 5.32 Å². The number of aromatic nitrogens is 1. The minimum absolute atomic E-state index is 0.0313. The van der Waals surface area contributed by atoms with Crippen molar-refractivity contribution in [2.45, 2.75) is 13.0 Å². The Kier molecular flexibility index (Phi) is 4.82. The molecule has 22 heavy (non-hydrogen) atoms. The Morgan fingerprint density at radius 2 is 2.09 bits per heavy atom. The molecule has 1 aromatic heterocycles. The number of hydrogen-bond acceptors (Lipinski definition) is 3. The van der Waals surface area contributed by atoms with Crippen LogP contribution in [0.25, 0.3) is 0 Å². The number of carbonyl (C=O) groups excluding carboxylic acids is 2. The molecule has 0 aliphatic carbocycles. The number of nitrogens with zero attached hydrogens (tertiary/aromatic N) is 1. The summed E-state index contributed by atoms with van der Waals surface area (Å²) in [5, 5.41) is 2.57. The van der Waals surface area contributed by atoms with Crippen molar-refractivity contribution in [3.63, 3.8) is 0 Å². The maximum absolute atomic E-state index is 13.6. The van der Waals surface area contributed by atoms with E-state index in [-0.39, 0.29) is 10.7 Å². The number of halogens is 2. The molecule has 0 unspecified atom stereocenters. The van der Waals surface area contributed by atoms with E-state index in [1.807, 2.05) is 0 Å². The van der Waals surface area contributed by atoms with Crippen LogP contribution in [0.4, 0.5) is 10.1 Å². The van der Waals surface area contributed by atoms with Crippen LogP contribution >= 0.6 is 11.6 Å². The third kappa shape index (κ3) is 3.65. The van der Waals surface area contributed by atoms with Crippen LogP contribution in [-0.2, 0) is 16.6 Å². The molecule has 0 aliphatic rings. The van der Waals surface area contributed by atoms with E-state index < -0.39 is 23.8 Å². The van der Waals surface area contributed by atoms with E-state index in [1.54, 1.807) is 29.9 Å². The van der Waals surface area contributed by atoms with Gasteiger partial charge in [-0.2, -0.15) is 0 Å². The van der Waals surface area contributed by atoms with E-state index in [9.17, 15) is 14.0 Å². The number of nitrogens with one attached hydrogen (secondary N) is 1. The van der Waals surface area contributed by atoms with Crippen molar-refractivity contribution in [1.82, 2.24) is 4.57 Å². The standard InChI is InChI=1S/C15H14ClFN2O3/c1-9(22-15(21)13-4-3-7-19(13)2)14(20)18-12-6-5-10(16)8-11(12)17/h3-9H,1-2H3,(H,18,20)/t9-/m0/s1. The van der Waals surface area contributed by atoms with Gasteiger partial charge in [-0.05, 0) is 37.3 Å². The first kappa shape index (κ1) is 16.0. The normalized spacial score (nSPS) is 11.8.